The average Bonchev–Trinajstić information content (AvgIpc) is 3.20. The Morgan fingerprint density at radius 3 is 2.53 bits per heavy atom. The number of anilines is 1. The van der Waals surface area contributed by atoms with Gasteiger partial charge in [-0.1, -0.05) is 0 Å². The van der Waals surface area contributed by atoms with Crippen molar-refractivity contribution in [3.05, 3.63) is 53.7 Å². The minimum atomic E-state index is -3.69. The van der Waals surface area contributed by atoms with E-state index >= 15 is 0 Å². The Morgan fingerprint density at radius 1 is 1.13 bits per heavy atom. The van der Waals surface area contributed by atoms with Gasteiger partial charge >= 0.3 is 0 Å². The fourth-order valence-electron chi connectivity index (χ4n) is 2.64. The number of rotatable bonds is 8. The van der Waals surface area contributed by atoms with E-state index in [-0.39, 0.29) is 11.3 Å². The van der Waals surface area contributed by atoms with E-state index in [0.717, 1.165) is 12.1 Å². The fraction of sp³-hybridized carbons (Fsp3) is 0.200. The normalized spacial score (nSPS) is 11.2. The maximum absolute atomic E-state index is 13.0. The maximum atomic E-state index is 13.0. The van der Waals surface area contributed by atoms with E-state index in [1.54, 1.807) is 37.8 Å². The molecule has 30 heavy (non-hydrogen) atoms. The molecule has 7 nitrogen and oxygen atoms in total. The number of carbonyl (C=O) groups is 1. The molecule has 0 unspecified atom stereocenters. The second-order valence-electron chi connectivity index (χ2n) is 6.18. The van der Waals surface area contributed by atoms with Crippen LogP contribution >= 0.6 is 11.3 Å². The van der Waals surface area contributed by atoms with E-state index in [9.17, 15) is 17.6 Å². The summed E-state index contributed by atoms with van der Waals surface area (Å²) in [5, 5.41) is 4.69. The molecule has 10 heteroatoms. The SMILES string of the molecule is COc1ccc(OC)c(-c2csc(NC(=O)CCS(=O)(=O)c3ccc(F)cc3)n2)c1. The Balaban J connectivity index is 1.66. The molecular weight excluding hydrogens is 431 g/mol. The molecule has 3 aromatic rings. The highest BCUT2D eigenvalue weighted by molar-refractivity contribution is 7.91. The third kappa shape index (κ3) is 5.14. The average molecular weight is 451 g/mol. The summed E-state index contributed by atoms with van der Waals surface area (Å²) in [4.78, 5) is 16.5. The minimum Gasteiger partial charge on any atom is -0.497 e. The molecule has 0 radical (unpaired) electrons. The highest BCUT2D eigenvalue weighted by Crippen LogP contribution is 2.35. The molecule has 3 rings (SSSR count). The molecule has 1 amide bonds. The van der Waals surface area contributed by atoms with Gasteiger partial charge in [0, 0.05) is 17.4 Å². The standard InChI is InChI=1S/C20H19FN2O5S2/c1-27-14-5-8-18(28-2)16(11-14)17-12-29-20(22-17)23-19(24)9-10-30(25,26)15-6-3-13(21)4-7-15/h3-8,11-12H,9-10H2,1-2H3,(H,22,23,24). The highest BCUT2D eigenvalue weighted by atomic mass is 32.2. The molecule has 0 fully saturated rings. The number of carbonyl (C=O) groups excluding carboxylic acids is 1. The molecule has 0 saturated carbocycles. The van der Waals surface area contributed by atoms with Crippen molar-refractivity contribution in [3.63, 3.8) is 0 Å². The van der Waals surface area contributed by atoms with Crippen LogP contribution in [0.2, 0.25) is 0 Å². The molecule has 0 aliphatic rings. The first-order valence-electron chi connectivity index (χ1n) is 8.78. The number of ether oxygens (including phenoxy) is 2. The van der Waals surface area contributed by atoms with Crippen LogP contribution in [0.3, 0.4) is 0 Å². The zero-order valence-corrected chi connectivity index (χ0v) is 17.8. The minimum absolute atomic E-state index is 0.0293. The number of hydrogen-bond donors (Lipinski definition) is 1. The number of aromatic nitrogens is 1. The van der Waals surface area contributed by atoms with Gasteiger partial charge in [0.25, 0.3) is 0 Å². The van der Waals surface area contributed by atoms with Crippen LogP contribution in [-0.4, -0.2) is 39.3 Å². The summed E-state index contributed by atoms with van der Waals surface area (Å²) in [6, 6.07) is 9.78. The third-order valence-corrected chi connectivity index (χ3v) is 6.69. The molecule has 0 bridgehead atoms. The largest absolute Gasteiger partial charge is 0.497 e. The van der Waals surface area contributed by atoms with Crippen LogP contribution in [0.15, 0.2) is 52.7 Å². The van der Waals surface area contributed by atoms with Crippen LogP contribution in [0, 0.1) is 5.82 Å². The summed E-state index contributed by atoms with van der Waals surface area (Å²) < 4.78 is 48.1. The number of methoxy groups -OCH3 is 2. The van der Waals surface area contributed by atoms with Crippen molar-refractivity contribution >= 4 is 32.2 Å². The molecule has 0 aliphatic carbocycles. The Labute approximate surface area is 177 Å². The van der Waals surface area contributed by atoms with Crippen molar-refractivity contribution in [1.82, 2.24) is 4.98 Å². The van der Waals surface area contributed by atoms with Crippen LogP contribution in [0.5, 0.6) is 11.5 Å². The van der Waals surface area contributed by atoms with Crippen LogP contribution in [0.25, 0.3) is 11.3 Å². The van der Waals surface area contributed by atoms with E-state index in [2.05, 4.69) is 10.3 Å². The summed E-state index contributed by atoms with van der Waals surface area (Å²) >= 11 is 1.21. The van der Waals surface area contributed by atoms with Crippen molar-refractivity contribution in [2.24, 2.45) is 0 Å². The summed E-state index contributed by atoms with van der Waals surface area (Å²) in [5.41, 5.74) is 1.29. The lowest BCUT2D eigenvalue weighted by Gasteiger charge is -2.08. The molecule has 1 aromatic heterocycles. The summed E-state index contributed by atoms with van der Waals surface area (Å²) in [6.45, 7) is 0. The van der Waals surface area contributed by atoms with Gasteiger partial charge in [-0.15, -0.1) is 11.3 Å². The first kappa shape index (κ1) is 21.7. The molecule has 2 aromatic carbocycles. The first-order valence-corrected chi connectivity index (χ1v) is 11.3. The van der Waals surface area contributed by atoms with Gasteiger partial charge in [0.15, 0.2) is 15.0 Å². The number of halogens is 1. The van der Waals surface area contributed by atoms with Crippen molar-refractivity contribution in [1.29, 1.82) is 0 Å². The Hall–Kier alpha value is -2.98. The molecule has 0 atom stereocenters. The van der Waals surface area contributed by atoms with E-state index < -0.39 is 27.3 Å². The van der Waals surface area contributed by atoms with Crippen LogP contribution in [-0.2, 0) is 14.6 Å². The Bertz CT molecular complexity index is 1140. The number of nitrogens with one attached hydrogen (secondary N) is 1. The van der Waals surface area contributed by atoms with Crippen LogP contribution in [0.1, 0.15) is 6.42 Å². The van der Waals surface area contributed by atoms with Crippen molar-refractivity contribution in [2.75, 3.05) is 25.3 Å². The van der Waals surface area contributed by atoms with Gasteiger partial charge in [-0.2, -0.15) is 0 Å². The van der Waals surface area contributed by atoms with E-state index in [1.165, 1.54) is 23.5 Å². The lowest BCUT2D eigenvalue weighted by Crippen LogP contribution is -2.17. The van der Waals surface area contributed by atoms with Crippen LogP contribution in [0.4, 0.5) is 9.52 Å². The number of thiazole rings is 1. The number of hydrogen-bond acceptors (Lipinski definition) is 7. The lowest BCUT2D eigenvalue weighted by atomic mass is 10.1. The van der Waals surface area contributed by atoms with Crippen molar-refractivity contribution in [3.8, 4) is 22.8 Å². The van der Waals surface area contributed by atoms with E-state index in [0.29, 0.717) is 27.9 Å². The monoisotopic (exact) mass is 450 g/mol. The number of nitrogens with zero attached hydrogens (tertiary/aromatic N) is 1. The molecule has 0 saturated heterocycles. The summed E-state index contributed by atoms with van der Waals surface area (Å²) in [5.74, 6) is -0.176. The number of amides is 1. The van der Waals surface area contributed by atoms with Gasteiger partial charge in [0.05, 0.1) is 30.6 Å². The van der Waals surface area contributed by atoms with E-state index in [1.807, 2.05) is 0 Å². The predicted octanol–water partition coefficient (Wildman–Crippen LogP) is 3.77. The molecule has 0 aliphatic heterocycles. The van der Waals surface area contributed by atoms with Crippen molar-refractivity contribution in [2.45, 2.75) is 11.3 Å². The van der Waals surface area contributed by atoms with Gasteiger partial charge in [-0.3, -0.25) is 4.79 Å². The maximum Gasteiger partial charge on any atom is 0.227 e. The molecular formula is C20H19FN2O5S2. The topological polar surface area (TPSA) is 94.6 Å². The summed E-state index contributed by atoms with van der Waals surface area (Å²) in [7, 11) is -0.596. The van der Waals surface area contributed by atoms with Gasteiger partial charge in [0.1, 0.15) is 17.3 Å². The van der Waals surface area contributed by atoms with Crippen molar-refractivity contribution < 1.29 is 27.1 Å². The molecule has 0 spiro atoms. The molecule has 1 heterocycles. The molecule has 158 valence electrons. The number of sulfone groups is 1. The Kier molecular flexibility index (Phi) is 6.68. The van der Waals surface area contributed by atoms with Crippen LogP contribution < -0.4 is 14.8 Å². The van der Waals surface area contributed by atoms with Gasteiger partial charge in [-0.05, 0) is 42.5 Å². The molecule has 1 N–H and O–H groups in total. The van der Waals surface area contributed by atoms with Gasteiger partial charge in [-0.25, -0.2) is 17.8 Å². The fourth-order valence-corrected chi connectivity index (χ4v) is 4.61. The number of benzene rings is 2. The first-order chi connectivity index (χ1) is 14.3. The zero-order valence-electron chi connectivity index (χ0n) is 16.2. The quantitative estimate of drug-likeness (QED) is 0.525. The van der Waals surface area contributed by atoms with Gasteiger partial charge < -0.3 is 14.8 Å². The Morgan fingerprint density at radius 2 is 1.87 bits per heavy atom. The smallest absolute Gasteiger partial charge is 0.227 e. The summed E-state index contributed by atoms with van der Waals surface area (Å²) in [6.07, 6.45) is -0.253. The zero-order chi connectivity index (χ0) is 21.7. The second-order valence-corrected chi connectivity index (χ2v) is 9.14. The second kappa shape index (κ2) is 9.23. The third-order valence-electron chi connectivity index (χ3n) is 4.20. The predicted molar refractivity (Wildman–Crippen MR) is 112 cm³/mol. The van der Waals surface area contributed by atoms with Gasteiger partial charge in [0.2, 0.25) is 5.91 Å². The highest BCUT2D eigenvalue weighted by Gasteiger charge is 2.18. The lowest BCUT2D eigenvalue weighted by molar-refractivity contribution is -0.115. The van der Waals surface area contributed by atoms with E-state index in [4.69, 9.17) is 9.47 Å².